The van der Waals surface area contributed by atoms with Crippen LogP contribution in [0.1, 0.15) is 31.8 Å². The van der Waals surface area contributed by atoms with Crippen molar-refractivity contribution in [2.24, 2.45) is 0 Å². The molecule has 0 N–H and O–H groups in total. The van der Waals surface area contributed by atoms with Gasteiger partial charge in [0, 0.05) is 11.1 Å². The predicted molar refractivity (Wildman–Crippen MR) is 108 cm³/mol. The van der Waals surface area contributed by atoms with Gasteiger partial charge in [-0.05, 0) is 42.0 Å². The van der Waals surface area contributed by atoms with Gasteiger partial charge in [-0.1, -0.05) is 48.5 Å². The zero-order valence-electron chi connectivity index (χ0n) is 15.2. The van der Waals surface area contributed by atoms with E-state index in [0.29, 0.717) is 0 Å². The van der Waals surface area contributed by atoms with Gasteiger partial charge >= 0.3 is 5.97 Å². The van der Waals surface area contributed by atoms with E-state index in [1.807, 2.05) is 36.4 Å². The molecule has 29 heavy (non-hydrogen) atoms. The van der Waals surface area contributed by atoms with Crippen molar-refractivity contribution in [3.05, 3.63) is 101 Å². The number of hydrogen-bond donors (Lipinski definition) is 0. The van der Waals surface area contributed by atoms with Crippen LogP contribution in [0, 0.1) is 0 Å². The lowest BCUT2D eigenvalue weighted by molar-refractivity contribution is 0.0549. The van der Waals surface area contributed by atoms with E-state index in [0.717, 1.165) is 5.56 Å². The second-order valence-electron chi connectivity index (χ2n) is 6.45. The molecule has 4 rings (SSSR count). The SMILES string of the molecule is O=C(OC/C=C/c1ccccc1)c1ccc2c(c1)S(=O)(=O)c1ccccc1C2=O. The average Bonchev–Trinajstić information content (AvgIpc) is 2.75. The van der Waals surface area contributed by atoms with Crippen LogP contribution in [-0.4, -0.2) is 26.8 Å². The third kappa shape index (κ3) is 3.50. The standard InChI is InChI=1S/C23H16O5S/c24-22-18-10-4-5-11-20(18)29(26,27)21-15-17(12-13-19(21)22)23(25)28-14-6-9-16-7-2-1-3-8-16/h1-13,15H,14H2/b9-6+. The molecule has 6 heteroatoms. The molecule has 1 aliphatic rings. The van der Waals surface area contributed by atoms with Crippen molar-refractivity contribution < 1.29 is 22.7 Å². The van der Waals surface area contributed by atoms with Gasteiger partial charge in [-0.25, -0.2) is 13.2 Å². The predicted octanol–water partition coefficient (Wildman–Crippen LogP) is 3.93. The molecule has 0 bridgehead atoms. The fraction of sp³-hybridized carbons (Fsp3) is 0.0435. The smallest absolute Gasteiger partial charge is 0.338 e. The maximum Gasteiger partial charge on any atom is 0.338 e. The quantitative estimate of drug-likeness (QED) is 0.482. The Kier molecular flexibility index (Phi) is 4.86. The van der Waals surface area contributed by atoms with Gasteiger partial charge in [-0.2, -0.15) is 0 Å². The number of benzene rings is 3. The highest BCUT2D eigenvalue weighted by molar-refractivity contribution is 7.91. The van der Waals surface area contributed by atoms with Crippen molar-refractivity contribution in [1.82, 2.24) is 0 Å². The molecule has 0 saturated heterocycles. The van der Waals surface area contributed by atoms with E-state index in [1.165, 1.54) is 30.3 Å². The van der Waals surface area contributed by atoms with Crippen molar-refractivity contribution in [2.45, 2.75) is 9.79 Å². The van der Waals surface area contributed by atoms with Crippen molar-refractivity contribution >= 4 is 27.7 Å². The van der Waals surface area contributed by atoms with E-state index in [4.69, 9.17) is 4.74 Å². The van der Waals surface area contributed by atoms with Gasteiger partial charge in [-0.3, -0.25) is 4.79 Å². The second-order valence-corrected chi connectivity index (χ2v) is 8.34. The number of carbonyl (C=O) groups is 2. The number of sulfone groups is 1. The van der Waals surface area contributed by atoms with Crippen LogP contribution < -0.4 is 0 Å². The highest BCUT2D eigenvalue weighted by atomic mass is 32.2. The van der Waals surface area contributed by atoms with E-state index >= 15 is 0 Å². The third-order valence-corrected chi connectivity index (χ3v) is 6.45. The molecular formula is C23H16O5S. The molecule has 0 atom stereocenters. The van der Waals surface area contributed by atoms with Crippen molar-refractivity contribution in [1.29, 1.82) is 0 Å². The van der Waals surface area contributed by atoms with Crippen LogP contribution in [-0.2, 0) is 14.6 Å². The Balaban J connectivity index is 1.57. The molecule has 0 spiro atoms. The van der Waals surface area contributed by atoms with E-state index in [-0.39, 0.29) is 38.9 Å². The highest BCUT2D eigenvalue weighted by Crippen LogP contribution is 2.34. The molecule has 0 radical (unpaired) electrons. The molecule has 3 aromatic carbocycles. The molecule has 0 amide bonds. The first-order chi connectivity index (χ1) is 14.0. The molecule has 1 aliphatic heterocycles. The Morgan fingerprint density at radius 1 is 0.862 bits per heavy atom. The Hall–Kier alpha value is -3.51. The molecule has 0 fully saturated rings. The summed E-state index contributed by atoms with van der Waals surface area (Å²) in [5, 5.41) is 0. The second kappa shape index (κ2) is 7.48. The van der Waals surface area contributed by atoms with E-state index in [1.54, 1.807) is 18.2 Å². The highest BCUT2D eigenvalue weighted by Gasteiger charge is 2.35. The Labute approximate surface area is 168 Å². The molecular weight excluding hydrogens is 388 g/mol. The number of hydrogen-bond acceptors (Lipinski definition) is 5. The zero-order chi connectivity index (χ0) is 20.4. The first-order valence-electron chi connectivity index (χ1n) is 8.90. The maximum absolute atomic E-state index is 12.9. The van der Waals surface area contributed by atoms with Crippen molar-refractivity contribution in [3.63, 3.8) is 0 Å². The minimum atomic E-state index is -3.89. The zero-order valence-corrected chi connectivity index (χ0v) is 16.1. The number of ether oxygens (including phenoxy) is 1. The molecule has 3 aromatic rings. The summed E-state index contributed by atoms with van der Waals surface area (Å²) < 4.78 is 31.0. The summed E-state index contributed by atoms with van der Waals surface area (Å²) in [5.74, 6) is -1.04. The van der Waals surface area contributed by atoms with Crippen molar-refractivity contribution in [3.8, 4) is 0 Å². The van der Waals surface area contributed by atoms with Crippen LogP contribution in [0.4, 0.5) is 0 Å². The summed E-state index contributed by atoms with van der Waals surface area (Å²) in [6.45, 7) is 0.0410. The van der Waals surface area contributed by atoms with Crippen LogP contribution in [0.5, 0.6) is 0 Å². The summed E-state index contributed by atoms with van der Waals surface area (Å²) in [6, 6.07) is 19.6. The molecule has 0 saturated carbocycles. The van der Waals surface area contributed by atoms with Gasteiger partial charge < -0.3 is 4.74 Å². The summed E-state index contributed by atoms with van der Waals surface area (Å²) in [4.78, 5) is 24.8. The van der Waals surface area contributed by atoms with Gasteiger partial charge in [0.25, 0.3) is 0 Å². The van der Waals surface area contributed by atoms with Gasteiger partial charge in [0.15, 0.2) is 5.78 Å². The number of fused-ring (bicyclic) bond motifs is 2. The minimum Gasteiger partial charge on any atom is -0.458 e. The molecule has 0 aliphatic carbocycles. The van der Waals surface area contributed by atoms with Gasteiger partial charge in [0.2, 0.25) is 9.84 Å². The number of rotatable bonds is 4. The lowest BCUT2D eigenvalue weighted by atomic mass is 10.0. The molecule has 144 valence electrons. The fourth-order valence-electron chi connectivity index (χ4n) is 3.17. The van der Waals surface area contributed by atoms with E-state index in [9.17, 15) is 18.0 Å². The number of esters is 1. The largest absolute Gasteiger partial charge is 0.458 e. The first kappa shape index (κ1) is 18.8. The maximum atomic E-state index is 12.9. The first-order valence-corrected chi connectivity index (χ1v) is 10.4. The van der Waals surface area contributed by atoms with Crippen molar-refractivity contribution in [2.75, 3.05) is 6.61 Å². The fourth-order valence-corrected chi connectivity index (χ4v) is 4.84. The van der Waals surface area contributed by atoms with Crippen LogP contribution in [0.15, 0.2) is 88.7 Å². The minimum absolute atomic E-state index is 0.0410. The van der Waals surface area contributed by atoms with Crippen LogP contribution in [0.3, 0.4) is 0 Å². The van der Waals surface area contributed by atoms with Crippen LogP contribution >= 0.6 is 0 Å². The van der Waals surface area contributed by atoms with Crippen LogP contribution in [0.25, 0.3) is 6.08 Å². The third-order valence-electron chi connectivity index (χ3n) is 4.59. The van der Waals surface area contributed by atoms with Gasteiger partial charge in [-0.15, -0.1) is 0 Å². The van der Waals surface area contributed by atoms with Gasteiger partial charge in [0.1, 0.15) is 6.61 Å². The van der Waals surface area contributed by atoms with Gasteiger partial charge in [0.05, 0.1) is 15.4 Å². The summed E-state index contributed by atoms with van der Waals surface area (Å²) in [7, 11) is -3.89. The molecule has 5 nitrogen and oxygen atoms in total. The summed E-state index contributed by atoms with van der Waals surface area (Å²) >= 11 is 0. The lowest BCUT2D eigenvalue weighted by Crippen LogP contribution is -2.21. The monoisotopic (exact) mass is 404 g/mol. The molecule has 0 unspecified atom stereocenters. The average molecular weight is 404 g/mol. The topological polar surface area (TPSA) is 77.5 Å². The van der Waals surface area contributed by atoms with E-state index in [2.05, 4.69) is 0 Å². The number of ketones is 1. The molecule has 0 aromatic heterocycles. The Morgan fingerprint density at radius 2 is 1.55 bits per heavy atom. The normalized spacial score (nSPS) is 14.3. The summed E-state index contributed by atoms with van der Waals surface area (Å²) in [5.41, 5.74) is 1.25. The molecule has 1 heterocycles. The number of carbonyl (C=O) groups excluding carboxylic acids is 2. The Bertz CT molecular complexity index is 1240. The lowest BCUT2D eigenvalue weighted by Gasteiger charge is -2.19. The summed E-state index contributed by atoms with van der Waals surface area (Å²) in [6.07, 6.45) is 3.52. The van der Waals surface area contributed by atoms with Crippen LogP contribution in [0.2, 0.25) is 0 Å². The Morgan fingerprint density at radius 3 is 2.34 bits per heavy atom. The van der Waals surface area contributed by atoms with E-state index < -0.39 is 15.8 Å².